The number of hydrogen-bond donors (Lipinski definition) is 0. The Balaban J connectivity index is 1.57. The summed E-state index contributed by atoms with van der Waals surface area (Å²) in [4.78, 5) is 25.7. The van der Waals surface area contributed by atoms with Crippen LogP contribution in [0.5, 0.6) is 5.75 Å². The van der Waals surface area contributed by atoms with Crippen LogP contribution in [0.3, 0.4) is 0 Å². The highest BCUT2D eigenvalue weighted by molar-refractivity contribution is 6.30. The van der Waals surface area contributed by atoms with Gasteiger partial charge in [-0.25, -0.2) is 4.79 Å². The lowest BCUT2D eigenvalue weighted by atomic mass is 10.1. The monoisotopic (exact) mass is 371 g/mol. The molecule has 0 aliphatic carbocycles. The summed E-state index contributed by atoms with van der Waals surface area (Å²) >= 11 is 5.82. The Morgan fingerprint density at radius 3 is 2.31 bits per heavy atom. The maximum Gasteiger partial charge on any atom is 0.415 e. The highest BCUT2D eigenvalue weighted by Gasteiger charge is 2.18. The molecule has 0 unspecified atom stereocenters. The van der Waals surface area contributed by atoms with Gasteiger partial charge < -0.3 is 14.4 Å². The molecular weight excluding hydrogens is 354 g/mol. The Kier molecular flexibility index (Phi) is 6.04. The molecule has 0 aromatic heterocycles. The lowest BCUT2D eigenvalue weighted by molar-refractivity contribution is 0.0416. The fourth-order valence-corrected chi connectivity index (χ4v) is 2.57. The highest BCUT2D eigenvalue weighted by Crippen LogP contribution is 2.16. The van der Waals surface area contributed by atoms with Gasteiger partial charge in [0, 0.05) is 23.7 Å². The lowest BCUT2D eigenvalue weighted by Crippen LogP contribution is -2.42. The summed E-state index contributed by atoms with van der Waals surface area (Å²) < 4.78 is 10.6. The van der Waals surface area contributed by atoms with E-state index in [0.29, 0.717) is 42.6 Å². The van der Waals surface area contributed by atoms with Gasteiger partial charge >= 0.3 is 6.09 Å². The smallest absolute Gasteiger partial charge is 0.410 e. The molecule has 3 rings (SSSR count). The minimum absolute atomic E-state index is 0.107. The maximum absolute atomic E-state index is 12.1. The SMILES string of the molecule is O=C(/C=C/c1ccc(OC(=O)N2CCOCC2)cc1)c1ccc(Cl)cc1. The van der Waals surface area contributed by atoms with Crippen LogP contribution in [0.15, 0.2) is 54.6 Å². The normalized spacial score (nSPS) is 14.4. The predicted molar refractivity (Wildman–Crippen MR) is 99.7 cm³/mol. The first-order valence-electron chi connectivity index (χ1n) is 8.24. The van der Waals surface area contributed by atoms with Crippen LogP contribution in [-0.2, 0) is 4.74 Å². The molecule has 0 saturated carbocycles. The van der Waals surface area contributed by atoms with E-state index in [1.807, 2.05) is 0 Å². The molecule has 0 spiro atoms. The van der Waals surface area contributed by atoms with Crippen LogP contribution in [-0.4, -0.2) is 43.1 Å². The van der Waals surface area contributed by atoms with Crippen LogP contribution in [0.4, 0.5) is 4.79 Å². The van der Waals surface area contributed by atoms with E-state index in [9.17, 15) is 9.59 Å². The van der Waals surface area contributed by atoms with Gasteiger partial charge in [-0.1, -0.05) is 29.8 Å². The third kappa shape index (κ3) is 4.94. The second kappa shape index (κ2) is 8.65. The van der Waals surface area contributed by atoms with Gasteiger partial charge in [-0.2, -0.15) is 0 Å². The van der Waals surface area contributed by atoms with Crippen LogP contribution >= 0.6 is 11.6 Å². The second-order valence-corrected chi connectivity index (χ2v) is 6.18. The van der Waals surface area contributed by atoms with Crippen LogP contribution in [0.1, 0.15) is 15.9 Å². The molecule has 5 nitrogen and oxygen atoms in total. The first-order chi connectivity index (χ1) is 12.6. The summed E-state index contributed by atoms with van der Waals surface area (Å²) in [6.45, 7) is 2.12. The van der Waals surface area contributed by atoms with Crippen molar-refractivity contribution in [1.82, 2.24) is 4.90 Å². The van der Waals surface area contributed by atoms with Crippen LogP contribution in [0, 0.1) is 0 Å². The third-order valence-electron chi connectivity index (χ3n) is 3.91. The Morgan fingerprint density at radius 1 is 1.00 bits per heavy atom. The number of ether oxygens (including phenoxy) is 2. The van der Waals surface area contributed by atoms with Gasteiger partial charge in [0.15, 0.2) is 5.78 Å². The molecule has 1 amide bonds. The number of benzene rings is 2. The fourth-order valence-electron chi connectivity index (χ4n) is 2.44. The minimum atomic E-state index is -0.380. The van der Waals surface area contributed by atoms with Gasteiger partial charge in [-0.05, 0) is 48.0 Å². The molecule has 2 aromatic carbocycles. The van der Waals surface area contributed by atoms with Crippen molar-refractivity contribution in [2.45, 2.75) is 0 Å². The zero-order valence-electron chi connectivity index (χ0n) is 14.1. The second-order valence-electron chi connectivity index (χ2n) is 5.74. The molecule has 134 valence electrons. The number of allylic oxidation sites excluding steroid dienone is 1. The molecule has 2 aromatic rings. The van der Waals surface area contributed by atoms with Crippen LogP contribution < -0.4 is 4.74 Å². The number of rotatable bonds is 4. The molecule has 1 fully saturated rings. The number of halogens is 1. The molecular formula is C20H18ClNO4. The number of hydrogen-bond acceptors (Lipinski definition) is 4. The number of nitrogens with zero attached hydrogens (tertiary/aromatic N) is 1. The Morgan fingerprint density at radius 2 is 1.65 bits per heavy atom. The maximum atomic E-state index is 12.1. The number of carbonyl (C=O) groups is 2. The highest BCUT2D eigenvalue weighted by atomic mass is 35.5. The van der Waals surface area contributed by atoms with Gasteiger partial charge in [-0.15, -0.1) is 0 Å². The van der Waals surface area contributed by atoms with Crippen molar-refractivity contribution in [2.75, 3.05) is 26.3 Å². The fraction of sp³-hybridized carbons (Fsp3) is 0.200. The van der Waals surface area contributed by atoms with E-state index in [1.54, 1.807) is 59.5 Å². The molecule has 0 radical (unpaired) electrons. The van der Waals surface area contributed by atoms with Gasteiger partial charge in [0.05, 0.1) is 13.2 Å². The third-order valence-corrected chi connectivity index (χ3v) is 4.16. The van der Waals surface area contributed by atoms with Crippen molar-refractivity contribution in [3.8, 4) is 5.75 Å². The van der Waals surface area contributed by atoms with Gasteiger partial charge in [-0.3, -0.25) is 4.79 Å². The van der Waals surface area contributed by atoms with Crippen molar-refractivity contribution >= 4 is 29.6 Å². The standard InChI is InChI=1S/C20H18ClNO4/c21-17-6-4-16(5-7-17)19(23)10-3-15-1-8-18(9-2-15)26-20(24)22-11-13-25-14-12-22/h1-10H,11-14H2/b10-3+. The first-order valence-corrected chi connectivity index (χ1v) is 8.62. The number of carbonyl (C=O) groups excluding carboxylic acids is 2. The average Bonchev–Trinajstić information content (AvgIpc) is 2.68. The largest absolute Gasteiger partial charge is 0.415 e. The molecule has 1 aliphatic heterocycles. The minimum Gasteiger partial charge on any atom is -0.410 e. The van der Waals surface area contributed by atoms with Crippen molar-refractivity contribution in [1.29, 1.82) is 0 Å². The van der Waals surface area contributed by atoms with Crippen molar-refractivity contribution in [2.24, 2.45) is 0 Å². The van der Waals surface area contributed by atoms with E-state index in [-0.39, 0.29) is 11.9 Å². The van der Waals surface area contributed by atoms with Crippen molar-refractivity contribution in [3.63, 3.8) is 0 Å². The molecule has 1 aliphatic rings. The molecule has 26 heavy (non-hydrogen) atoms. The van der Waals surface area contributed by atoms with E-state index < -0.39 is 0 Å². The van der Waals surface area contributed by atoms with Gasteiger partial charge in [0.2, 0.25) is 0 Å². The van der Waals surface area contributed by atoms with E-state index in [1.165, 1.54) is 6.08 Å². The average molecular weight is 372 g/mol. The molecule has 6 heteroatoms. The molecule has 0 N–H and O–H groups in total. The Labute approximate surface area is 156 Å². The van der Waals surface area contributed by atoms with E-state index in [2.05, 4.69) is 0 Å². The van der Waals surface area contributed by atoms with E-state index >= 15 is 0 Å². The van der Waals surface area contributed by atoms with Crippen LogP contribution in [0.2, 0.25) is 5.02 Å². The summed E-state index contributed by atoms with van der Waals surface area (Å²) in [5.41, 5.74) is 1.40. The zero-order chi connectivity index (χ0) is 18.4. The van der Waals surface area contributed by atoms with Gasteiger partial charge in [0.25, 0.3) is 0 Å². The van der Waals surface area contributed by atoms with Crippen molar-refractivity contribution in [3.05, 3.63) is 70.8 Å². The predicted octanol–water partition coefficient (Wildman–Crippen LogP) is 4.07. The number of amides is 1. The van der Waals surface area contributed by atoms with Gasteiger partial charge in [0.1, 0.15) is 5.75 Å². The molecule has 0 bridgehead atoms. The number of ketones is 1. The van der Waals surface area contributed by atoms with Crippen LogP contribution in [0.25, 0.3) is 6.08 Å². The van der Waals surface area contributed by atoms with Crippen molar-refractivity contribution < 1.29 is 19.1 Å². The lowest BCUT2D eigenvalue weighted by Gasteiger charge is -2.25. The molecule has 1 saturated heterocycles. The number of morpholine rings is 1. The first kappa shape index (κ1) is 18.2. The summed E-state index contributed by atoms with van der Waals surface area (Å²) in [5.74, 6) is 0.354. The quantitative estimate of drug-likeness (QED) is 0.600. The molecule has 0 atom stereocenters. The zero-order valence-corrected chi connectivity index (χ0v) is 14.8. The van der Waals surface area contributed by atoms with E-state index in [4.69, 9.17) is 21.1 Å². The summed E-state index contributed by atoms with van der Waals surface area (Å²) in [6.07, 6.45) is 2.83. The van der Waals surface area contributed by atoms with E-state index in [0.717, 1.165) is 5.56 Å². The summed E-state index contributed by atoms with van der Waals surface area (Å²) in [7, 11) is 0. The Hall–Kier alpha value is -2.63. The topological polar surface area (TPSA) is 55.8 Å². The summed E-state index contributed by atoms with van der Waals surface area (Å²) in [6, 6.07) is 13.7. The Bertz CT molecular complexity index is 794. The molecule has 1 heterocycles. The summed E-state index contributed by atoms with van der Waals surface area (Å²) in [5, 5.41) is 0.591.